The summed E-state index contributed by atoms with van der Waals surface area (Å²) in [6.45, 7) is 4.13. The van der Waals surface area contributed by atoms with Crippen LogP contribution in [0.5, 0.6) is 0 Å². The zero-order chi connectivity index (χ0) is 16.6. The standard InChI is InChI=1S/C19H22N2O2S/c22-24(23,21-14-17-5-1-2-6-18(17)15-21)19-9-7-16(8-10-19)13-20-11-3-4-12-20/h1-2,5-10H,3-4,11-15H2. The topological polar surface area (TPSA) is 40.6 Å². The van der Waals surface area contributed by atoms with Gasteiger partial charge in [-0.1, -0.05) is 36.4 Å². The van der Waals surface area contributed by atoms with Crippen LogP contribution in [0.15, 0.2) is 53.4 Å². The highest BCUT2D eigenvalue weighted by atomic mass is 32.2. The molecule has 4 rings (SSSR count). The molecule has 0 amide bonds. The van der Waals surface area contributed by atoms with Crippen molar-refractivity contribution >= 4 is 10.0 Å². The normalized spacial score (nSPS) is 18.8. The molecule has 0 atom stereocenters. The van der Waals surface area contributed by atoms with E-state index >= 15 is 0 Å². The third-order valence-electron chi connectivity index (χ3n) is 4.98. The first-order chi connectivity index (χ1) is 11.6. The fourth-order valence-electron chi connectivity index (χ4n) is 3.59. The minimum absolute atomic E-state index is 0.389. The molecule has 126 valence electrons. The molecule has 24 heavy (non-hydrogen) atoms. The quantitative estimate of drug-likeness (QED) is 0.858. The predicted molar refractivity (Wildman–Crippen MR) is 93.8 cm³/mol. The lowest BCUT2D eigenvalue weighted by molar-refractivity contribution is 0.331. The third-order valence-corrected chi connectivity index (χ3v) is 6.78. The molecule has 5 heteroatoms. The van der Waals surface area contributed by atoms with Crippen LogP contribution in [0.3, 0.4) is 0 Å². The molecule has 0 bridgehead atoms. The summed E-state index contributed by atoms with van der Waals surface area (Å²) in [5.74, 6) is 0. The molecule has 2 aromatic carbocycles. The number of rotatable bonds is 4. The summed E-state index contributed by atoms with van der Waals surface area (Å²) >= 11 is 0. The molecule has 0 N–H and O–H groups in total. The Labute approximate surface area is 143 Å². The molecule has 4 nitrogen and oxygen atoms in total. The van der Waals surface area contributed by atoms with Crippen molar-refractivity contribution < 1.29 is 8.42 Å². The molecule has 2 aliphatic rings. The predicted octanol–water partition coefficient (Wildman–Crippen LogP) is 2.99. The summed E-state index contributed by atoms with van der Waals surface area (Å²) in [4.78, 5) is 2.81. The largest absolute Gasteiger partial charge is 0.299 e. The Bertz CT molecular complexity index is 800. The first kappa shape index (κ1) is 15.8. The number of fused-ring (bicyclic) bond motifs is 1. The molecule has 1 saturated heterocycles. The first-order valence-corrected chi connectivity index (χ1v) is 9.95. The zero-order valence-electron chi connectivity index (χ0n) is 13.7. The van der Waals surface area contributed by atoms with E-state index in [0.717, 1.165) is 30.8 Å². The van der Waals surface area contributed by atoms with Crippen LogP contribution in [-0.2, 0) is 29.7 Å². The minimum Gasteiger partial charge on any atom is -0.299 e. The Morgan fingerprint density at radius 1 is 0.833 bits per heavy atom. The van der Waals surface area contributed by atoms with E-state index in [1.54, 1.807) is 16.4 Å². The average Bonchev–Trinajstić information content (AvgIpc) is 3.24. The second kappa shape index (κ2) is 6.31. The molecular formula is C19H22N2O2S. The fourth-order valence-corrected chi connectivity index (χ4v) is 4.98. The highest BCUT2D eigenvalue weighted by Crippen LogP contribution is 2.28. The van der Waals surface area contributed by atoms with E-state index in [4.69, 9.17) is 0 Å². The van der Waals surface area contributed by atoms with E-state index in [0.29, 0.717) is 18.0 Å². The Kier molecular flexibility index (Phi) is 4.16. The second-order valence-corrected chi connectivity index (χ2v) is 8.61. The van der Waals surface area contributed by atoms with Crippen LogP contribution in [0.25, 0.3) is 0 Å². The molecular weight excluding hydrogens is 320 g/mol. The van der Waals surface area contributed by atoms with E-state index in [1.165, 1.54) is 18.4 Å². The average molecular weight is 342 g/mol. The van der Waals surface area contributed by atoms with Crippen molar-refractivity contribution in [3.63, 3.8) is 0 Å². The molecule has 2 heterocycles. The molecule has 0 aromatic heterocycles. The van der Waals surface area contributed by atoms with Gasteiger partial charge in [-0.15, -0.1) is 0 Å². The van der Waals surface area contributed by atoms with Crippen LogP contribution in [0.2, 0.25) is 0 Å². The Hall–Kier alpha value is -1.69. The van der Waals surface area contributed by atoms with Gasteiger partial charge in [0, 0.05) is 19.6 Å². The second-order valence-electron chi connectivity index (χ2n) is 6.67. The summed E-state index contributed by atoms with van der Waals surface area (Å²) in [5, 5.41) is 0. The van der Waals surface area contributed by atoms with Gasteiger partial charge >= 0.3 is 0 Å². The van der Waals surface area contributed by atoms with E-state index in [9.17, 15) is 8.42 Å². The molecule has 0 saturated carbocycles. The molecule has 0 aliphatic carbocycles. The van der Waals surface area contributed by atoms with E-state index < -0.39 is 10.0 Å². The van der Waals surface area contributed by atoms with Crippen LogP contribution in [0, 0.1) is 0 Å². The lowest BCUT2D eigenvalue weighted by atomic mass is 10.1. The summed E-state index contributed by atoms with van der Waals surface area (Å²) in [6, 6.07) is 15.3. The summed E-state index contributed by atoms with van der Waals surface area (Å²) < 4.78 is 27.3. The number of hydrogen-bond donors (Lipinski definition) is 0. The fraction of sp³-hybridized carbons (Fsp3) is 0.368. The van der Waals surface area contributed by atoms with Crippen molar-refractivity contribution in [3.05, 3.63) is 65.2 Å². The molecule has 0 unspecified atom stereocenters. The number of likely N-dealkylation sites (tertiary alicyclic amines) is 1. The van der Waals surface area contributed by atoms with Gasteiger partial charge in [0.2, 0.25) is 10.0 Å². The Morgan fingerprint density at radius 3 is 2.00 bits per heavy atom. The lowest BCUT2D eigenvalue weighted by Gasteiger charge is -2.17. The summed E-state index contributed by atoms with van der Waals surface area (Å²) in [7, 11) is -3.43. The molecule has 1 fully saturated rings. The highest BCUT2D eigenvalue weighted by molar-refractivity contribution is 7.89. The number of sulfonamides is 1. The monoisotopic (exact) mass is 342 g/mol. The maximum atomic E-state index is 12.9. The van der Waals surface area contributed by atoms with Gasteiger partial charge in [0.25, 0.3) is 0 Å². The van der Waals surface area contributed by atoms with E-state index in [2.05, 4.69) is 4.90 Å². The third kappa shape index (κ3) is 2.99. The lowest BCUT2D eigenvalue weighted by Crippen LogP contribution is -2.25. The van der Waals surface area contributed by atoms with Gasteiger partial charge < -0.3 is 0 Å². The van der Waals surface area contributed by atoms with Crippen LogP contribution in [0.1, 0.15) is 29.5 Å². The zero-order valence-corrected chi connectivity index (χ0v) is 14.5. The SMILES string of the molecule is O=S(=O)(c1ccc(CN2CCCC2)cc1)N1Cc2ccccc2C1. The molecule has 0 radical (unpaired) electrons. The number of benzene rings is 2. The minimum atomic E-state index is -3.43. The van der Waals surface area contributed by atoms with Gasteiger partial charge in [0.05, 0.1) is 4.90 Å². The first-order valence-electron chi connectivity index (χ1n) is 8.51. The summed E-state index contributed by atoms with van der Waals surface area (Å²) in [6.07, 6.45) is 2.53. The van der Waals surface area contributed by atoms with Crippen LogP contribution >= 0.6 is 0 Å². The molecule has 0 spiro atoms. The van der Waals surface area contributed by atoms with Crippen molar-refractivity contribution in [1.29, 1.82) is 0 Å². The van der Waals surface area contributed by atoms with Gasteiger partial charge in [-0.3, -0.25) is 4.90 Å². The maximum Gasteiger partial charge on any atom is 0.243 e. The highest BCUT2D eigenvalue weighted by Gasteiger charge is 2.30. The Balaban J connectivity index is 1.50. The molecule has 2 aliphatic heterocycles. The van der Waals surface area contributed by atoms with E-state index in [1.807, 2.05) is 36.4 Å². The van der Waals surface area contributed by atoms with Gasteiger partial charge in [-0.05, 0) is 54.8 Å². The van der Waals surface area contributed by atoms with Crippen LogP contribution < -0.4 is 0 Å². The smallest absolute Gasteiger partial charge is 0.243 e. The van der Waals surface area contributed by atoms with Gasteiger partial charge in [0.1, 0.15) is 0 Å². The van der Waals surface area contributed by atoms with Crippen molar-refractivity contribution in [1.82, 2.24) is 9.21 Å². The Morgan fingerprint density at radius 2 is 1.42 bits per heavy atom. The van der Waals surface area contributed by atoms with Gasteiger partial charge in [-0.2, -0.15) is 4.31 Å². The van der Waals surface area contributed by atoms with Crippen molar-refractivity contribution in [2.75, 3.05) is 13.1 Å². The van der Waals surface area contributed by atoms with Crippen LogP contribution in [-0.4, -0.2) is 30.7 Å². The van der Waals surface area contributed by atoms with E-state index in [-0.39, 0.29) is 0 Å². The molecule has 2 aromatic rings. The van der Waals surface area contributed by atoms with Crippen LogP contribution in [0.4, 0.5) is 0 Å². The van der Waals surface area contributed by atoms with Crippen molar-refractivity contribution in [3.8, 4) is 0 Å². The van der Waals surface area contributed by atoms with Crippen molar-refractivity contribution in [2.45, 2.75) is 37.4 Å². The maximum absolute atomic E-state index is 12.9. The number of nitrogens with zero attached hydrogens (tertiary/aromatic N) is 2. The van der Waals surface area contributed by atoms with Crippen molar-refractivity contribution in [2.24, 2.45) is 0 Å². The number of hydrogen-bond acceptors (Lipinski definition) is 3. The van der Waals surface area contributed by atoms with Gasteiger partial charge in [-0.25, -0.2) is 8.42 Å². The van der Waals surface area contributed by atoms with Gasteiger partial charge in [0.15, 0.2) is 0 Å². The summed E-state index contributed by atoms with van der Waals surface area (Å²) in [5.41, 5.74) is 3.39.